The van der Waals surface area contributed by atoms with Crippen molar-refractivity contribution in [3.8, 4) is 0 Å². The Labute approximate surface area is 102 Å². The summed E-state index contributed by atoms with van der Waals surface area (Å²) in [6, 6.07) is 4.60. The third-order valence-electron chi connectivity index (χ3n) is 2.62. The van der Waals surface area contributed by atoms with Crippen LogP contribution in [0.4, 0.5) is 13.2 Å². The lowest BCUT2D eigenvalue weighted by Crippen LogP contribution is -2.08. The summed E-state index contributed by atoms with van der Waals surface area (Å²) < 4.78 is 40.0. The molecule has 1 atom stereocenters. The Hall–Kier alpha value is -1.88. The summed E-state index contributed by atoms with van der Waals surface area (Å²) in [5, 5.41) is 9.90. The summed E-state index contributed by atoms with van der Waals surface area (Å²) in [5.41, 5.74) is -0.276. The molecule has 1 aromatic heterocycles. The lowest BCUT2D eigenvalue weighted by Gasteiger charge is -2.13. The fourth-order valence-corrected chi connectivity index (χ4v) is 1.63. The van der Waals surface area contributed by atoms with Crippen LogP contribution in [-0.2, 0) is 0 Å². The van der Waals surface area contributed by atoms with Gasteiger partial charge >= 0.3 is 0 Å². The van der Waals surface area contributed by atoms with Gasteiger partial charge in [0.2, 0.25) is 0 Å². The molecule has 2 rings (SSSR count). The monoisotopic (exact) mass is 253 g/mol. The summed E-state index contributed by atoms with van der Waals surface area (Å²) in [5.74, 6) is -2.28. The molecule has 2 aromatic rings. The van der Waals surface area contributed by atoms with Crippen LogP contribution in [0.2, 0.25) is 0 Å². The second kappa shape index (κ2) is 4.78. The summed E-state index contributed by atoms with van der Waals surface area (Å²) in [7, 11) is 0. The lowest BCUT2D eigenvalue weighted by molar-refractivity contribution is 0.204. The van der Waals surface area contributed by atoms with Crippen molar-refractivity contribution < 1.29 is 18.3 Å². The van der Waals surface area contributed by atoms with Crippen molar-refractivity contribution in [3.63, 3.8) is 0 Å². The Morgan fingerprint density at radius 1 is 1.11 bits per heavy atom. The molecule has 2 nitrogen and oxygen atoms in total. The van der Waals surface area contributed by atoms with E-state index >= 15 is 0 Å². The Bertz CT molecular complexity index is 569. The smallest absolute Gasteiger partial charge is 0.141 e. The van der Waals surface area contributed by atoms with E-state index in [9.17, 15) is 18.3 Å². The summed E-state index contributed by atoms with van der Waals surface area (Å²) in [6.07, 6.45) is -0.685. The minimum absolute atomic E-state index is 0.0141. The van der Waals surface area contributed by atoms with Gasteiger partial charge in [-0.25, -0.2) is 13.2 Å². The van der Waals surface area contributed by atoms with E-state index in [1.165, 1.54) is 19.1 Å². The van der Waals surface area contributed by atoms with Gasteiger partial charge in [-0.3, -0.25) is 4.98 Å². The molecule has 1 unspecified atom stereocenters. The Kier molecular flexibility index (Phi) is 3.34. The molecule has 0 aliphatic heterocycles. The molecule has 0 saturated heterocycles. The molecule has 1 N–H and O–H groups in total. The Balaban J connectivity index is 2.49. The van der Waals surface area contributed by atoms with Crippen molar-refractivity contribution in [1.82, 2.24) is 4.98 Å². The van der Waals surface area contributed by atoms with Gasteiger partial charge in [0.15, 0.2) is 0 Å². The van der Waals surface area contributed by atoms with Crippen LogP contribution in [0.15, 0.2) is 30.5 Å². The third kappa shape index (κ3) is 2.22. The number of aliphatic hydroxyl groups is 1. The average molecular weight is 253 g/mol. The molecule has 0 spiro atoms. The van der Waals surface area contributed by atoms with Crippen molar-refractivity contribution in [2.24, 2.45) is 0 Å². The second-order valence-corrected chi connectivity index (χ2v) is 3.90. The number of benzene rings is 1. The predicted octanol–water partition coefficient (Wildman–Crippen LogP) is 2.89. The fraction of sp³-hybridized carbons (Fsp3) is 0.154. The van der Waals surface area contributed by atoms with Crippen LogP contribution in [0.3, 0.4) is 0 Å². The average Bonchev–Trinajstić information content (AvgIpc) is 2.35. The maximum absolute atomic E-state index is 13.8. The molecule has 94 valence electrons. The molecule has 0 radical (unpaired) electrons. The van der Waals surface area contributed by atoms with Crippen LogP contribution in [-0.4, -0.2) is 10.1 Å². The van der Waals surface area contributed by atoms with Gasteiger partial charge in [-0.05, 0) is 30.7 Å². The van der Waals surface area contributed by atoms with Gasteiger partial charge in [0.1, 0.15) is 23.6 Å². The zero-order valence-electron chi connectivity index (χ0n) is 9.49. The van der Waals surface area contributed by atoms with E-state index in [4.69, 9.17) is 0 Å². The van der Waals surface area contributed by atoms with Crippen molar-refractivity contribution in [2.45, 2.75) is 13.0 Å². The van der Waals surface area contributed by atoms with Gasteiger partial charge in [-0.1, -0.05) is 6.07 Å². The maximum Gasteiger partial charge on any atom is 0.141 e. The number of aliphatic hydroxyl groups excluding tert-OH is 1. The van der Waals surface area contributed by atoms with Gasteiger partial charge in [-0.2, -0.15) is 0 Å². The van der Waals surface area contributed by atoms with Crippen LogP contribution < -0.4 is 0 Å². The summed E-state index contributed by atoms with van der Waals surface area (Å²) in [6.45, 7) is 1.46. The SMILES string of the molecule is Cc1ccc(F)c(C(O)c2ccc(F)cn2)c1F. The molecule has 0 amide bonds. The molecule has 1 aromatic carbocycles. The number of aryl methyl sites for hydroxylation is 1. The molecule has 0 saturated carbocycles. The fourth-order valence-electron chi connectivity index (χ4n) is 1.63. The lowest BCUT2D eigenvalue weighted by atomic mass is 10.0. The van der Waals surface area contributed by atoms with E-state index in [2.05, 4.69) is 4.98 Å². The topological polar surface area (TPSA) is 33.1 Å². The molecular formula is C13H10F3NO. The number of nitrogens with zero attached hydrogens (tertiary/aromatic N) is 1. The first-order chi connectivity index (χ1) is 8.50. The number of halogens is 3. The summed E-state index contributed by atoms with van der Waals surface area (Å²) >= 11 is 0. The Morgan fingerprint density at radius 3 is 2.44 bits per heavy atom. The molecule has 0 aliphatic carbocycles. The number of pyridine rings is 1. The van der Waals surface area contributed by atoms with E-state index in [0.717, 1.165) is 18.3 Å². The normalized spacial score (nSPS) is 12.5. The largest absolute Gasteiger partial charge is 0.382 e. The maximum atomic E-state index is 13.8. The molecular weight excluding hydrogens is 243 g/mol. The van der Waals surface area contributed by atoms with E-state index in [-0.39, 0.29) is 11.3 Å². The standard InChI is InChI=1S/C13H10F3NO/c1-7-2-4-9(15)11(12(7)16)13(18)10-5-3-8(14)6-17-10/h2-6,13,18H,1H3. The van der Waals surface area contributed by atoms with Gasteiger partial charge in [0.25, 0.3) is 0 Å². The van der Waals surface area contributed by atoms with E-state index in [1.54, 1.807) is 0 Å². The van der Waals surface area contributed by atoms with Crippen LogP contribution in [0.25, 0.3) is 0 Å². The molecule has 1 heterocycles. The van der Waals surface area contributed by atoms with E-state index < -0.39 is 29.1 Å². The van der Waals surface area contributed by atoms with Crippen molar-refractivity contribution in [1.29, 1.82) is 0 Å². The second-order valence-electron chi connectivity index (χ2n) is 3.90. The molecule has 0 fully saturated rings. The highest BCUT2D eigenvalue weighted by molar-refractivity contribution is 5.32. The highest BCUT2D eigenvalue weighted by atomic mass is 19.1. The number of hydrogen-bond donors (Lipinski definition) is 1. The van der Waals surface area contributed by atoms with Crippen LogP contribution in [0, 0.1) is 24.4 Å². The highest BCUT2D eigenvalue weighted by Crippen LogP contribution is 2.27. The van der Waals surface area contributed by atoms with Gasteiger partial charge < -0.3 is 5.11 Å². The van der Waals surface area contributed by atoms with Crippen LogP contribution in [0.5, 0.6) is 0 Å². The minimum Gasteiger partial charge on any atom is -0.382 e. The van der Waals surface area contributed by atoms with Crippen LogP contribution >= 0.6 is 0 Å². The van der Waals surface area contributed by atoms with Crippen molar-refractivity contribution in [3.05, 3.63) is 64.7 Å². The van der Waals surface area contributed by atoms with Gasteiger partial charge in [0.05, 0.1) is 17.5 Å². The predicted molar refractivity (Wildman–Crippen MR) is 59.4 cm³/mol. The first kappa shape index (κ1) is 12.6. The van der Waals surface area contributed by atoms with E-state index in [0.29, 0.717) is 0 Å². The summed E-state index contributed by atoms with van der Waals surface area (Å²) in [4.78, 5) is 3.61. The Morgan fingerprint density at radius 2 is 1.83 bits per heavy atom. The van der Waals surface area contributed by atoms with Crippen molar-refractivity contribution >= 4 is 0 Å². The van der Waals surface area contributed by atoms with E-state index in [1.807, 2.05) is 0 Å². The number of aromatic nitrogens is 1. The molecule has 0 aliphatic rings. The van der Waals surface area contributed by atoms with Gasteiger partial charge in [-0.15, -0.1) is 0 Å². The van der Waals surface area contributed by atoms with Gasteiger partial charge in [0, 0.05) is 0 Å². The quantitative estimate of drug-likeness (QED) is 0.892. The third-order valence-corrected chi connectivity index (χ3v) is 2.62. The van der Waals surface area contributed by atoms with Crippen LogP contribution in [0.1, 0.15) is 22.9 Å². The molecule has 5 heteroatoms. The molecule has 0 bridgehead atoms. The minimum atomic E-state index is -1.56. The zero-order valence-corrected chi connectivity index (χ0v) is 9.49. The highest BCUT2D eigenvalue weighted by Gasteiger charge is 2.22. The first-order valence-corrected chi connectivity index (χ1v) is 5.24. The number of rotatable bonds is 2. The first-order valence-electron chi connectivity index (χ1n) is 5.24. The molecule has 18 heavy (non-hydrogen) atoms. The zero-order chi connectivity index (χ0) is 13.3. The number of hydrogen-bond acceptors (Lipinski definition) is 2. The van der Waals surface area contributed by atoms with Crippen molar-refractivity contribution in [2.75, 3.05) is 0 Å².